The Hall–Kier alpha value is -1.28. The van der Waals surface area contributed by atoms with Crippen molar-refractivity contribution in [2.45, 2.75) is 6.54 Å². The lowest BCUT2D eigenvalue weighted by Gasteiger charge is -2.07. The van der Waals surface area contributed by atoms with Gasteiger partial charge in [-0.25, -0.2) is 9.00 Å². The summed E-state index contributed by atoms with van der Waals surface area (Å²) in [5, 5.41) is 11.4. The largest absolute Gasteiger partial charge is 0.750 e. The highest BCUT2D eigenvalue weighted by Crippen LogP contribution is 2.03. The minimum Gasteiger partial charge on any atom is -0.750 e. The molecule has 88 valence electrons. The number of carbonyl (C=O) groups is 1. The molecule has 0 aliphatic heterocycles. The van der Waals surface area contributed by atoms with Crippen molar-refractivity contribution in [2.75, 3.05) is 6.73 Å². The number of hydrogen-bond acceptors (Lipinski definition) is 5. The van der Waals surface area contributed by atoms with E-state index in [1.54, 1.807) is 12.1 Å². The minimum absolute atomic E-state index is 0.114. The normalized spacial score (nSPS) is 12.3. The highest BCUT2D eigenvalue weighted by atomic mass is 32.2. The number of benzene rings is 1. The molecule has 0 amide bonds. The Morgan fingerprint density at radius 1 is 1.44 bits per heavy atom. The van der Waals surface area contributed by atoms with Gasteiger partial charge in [-0.15, -0.1) is 0 Å². The van der Waals surface area contributed by atoms with Gasteiger partial charge in [-0.05, 0) is 17.7 Å². The first-order chi connectivity index (χ1) is 7.59. The van der Waals surface area contributed by atoms with Crippen LogP contribution in [0.5, 0.6) is 0 Å². The van der Waals surface area contributed by atoms with Crippen LogP contribution < -0.4 is 5.32 Å². The van der Waals surface area contributed by atoms with Crippen molar-refractivity contribution < 1.29 is 22.8 Å². The summed E-state index contributed by atoms with van der Waals surface area (Å²) in [6.45, 7) is 0.286. The Labute approximate surface area is 94.7 Å². The summed E-state index contributed by atoms with van der Waals surface area (Å²) in [7, 11) is 0. The summed E-state index contributed by atoms with van der Waals surface area (Å²) in [5.41, 5.74) is 1.05. The van der Waals surface area contributed by atoms with E-state index < -0.39 is 17.3 Å². The molecule has 16 heavy (non-hydrogen) atoms. The molecule has 0 aromatic heterocycles. The fourth-order valence-electron chi connectivity index (χ4n) is 1.05. The fourth-order valence-corrected chi connectivity index (χ4v) is 1.23. The van der Waals surface area contributed by atoms with E-state index in [1.807, 2.05) is 0 Å². The third kappa shape index (κ3) is 4.49. The predicted molar refractivity (Wildman–Crippen MR) is 55.1 cm³/mol. The molecule has 1 atom stereocenters. The lowest BCUT2D eigenvalue weighted by molar-refractivity contribution is 0.0697. The van der Waals surface area contributed by atoms with Crippen LogP contribution in [0.3, 0.4) is 0 Å². The molecule has 7 heteroatoms. The van der Waals surface area contributed by atoms with Crippen LogP contribution in [-0.4, -0.2) is 26.6 Å². The number of rotatable bonds is 6. The van der Waals surface area contributed by atoms with E-state index in [-0.39, 0.29) is 12.3 Å². The van der Waals surface area contributed by atoms with E-state index in [4.69, 9.17) is 5.11 Å². The lowest BCUT2D eigenvalue weighted by Crippen LogP contribution is -2.18. The molecule has 0 saturated carbocycles. The highest BCUT2D eigenvalue weighted by molar-refractivity contribution is 7.74. The summed E-state index contributed by atoms with van der Waals surface area (Å²) in [5.74, 6) is -0.982. The quantitative estimate of drug-likeness (QED) is 0.422. The SMILES string of the molecule is O=C(O)c1ccc(CNCOS(=O)[O-])cc1. The van der Waals surface area contributed by atoms with Gasteiger partial charge in [-0.3, -0.25) is 9.50 Å². The van der Waals surface area contributed by atoms with Crippen LogP contribution in [0.1, 0.15) is 15.9 Å². The lowest BCUT2D eigenvalue weighted by atomic mass is 10.1. The molecule has 0 fully saturated rings. The summed E-state index contributed by atoms with van der Waals surface area (Å²) in [6, 6.07) is 6.24. The standard InChI is InChI=1S/C9H11NO5S/c11-9(12)8-3-1-7(2-4-8)5-10-6-15-16(13)14/h1-4,10H,5-6H2,(H,11,12)(H,13,14)/p-1. The molecule has 6 nitrogen and oxygen atoms in total. The molecule has 2 N–H and O–H groups in total. The van der Waals surface area contributed by atoms with Crippen molar-refractivity contribution in [3.63, 3.8) is 0 Å². The third-order valence-electron chi connectivity index (χ3n) is 1.79. The maximum absolute atomic E-state index is 10.5. The van der Waals surface area contributed by atoms with Crippen LogP contribution in [0.15, 0.2) is 24.3 Å². The van der Waals surface area contributed by atoms with E-state index in [0.717, 1.165) is 5.56 Å². The van der Waals surface area contributed by atoms with Crippen LogP contribution in [0, 0.1) is 0 Å². The van der Waals surface area contributed by atoms with Crippen LogP contribution >= 0.6 is 0 Å². The van der Waals surface area contributed by atoms with Gasteiger partial charge in [0.2, 0.25) is 0 Å². The van der Waals surface area contributed by atoms with Gasteiger partial charge in [0.15, 0.2) is 0 Å². The van der Waals surface area contributed by atoms with E-state index in [0.29, 0.717) is 6.54 Å². The second-order valence-corrected chi connectivity index (χ2v) is 3.54. The first-order valence-corrected chi connectivity index (χ1v) is 5.35. The van der Waals surface area contributed by atoms with Gasteiger partial charge in [-0.1, -0.05) is 12.1 Å². The monoisotopic (exact) mass is 244 g/mol. The molecule has 1 rings (SSSR count). The average molecular weight is 244 g/mol. The molecule has 0 radical (unpaired) electrons. The van der Waals surface area contributed by atoms with Crippen molar-refractivity contribution in [2.24, 2.45) is 0 Å². The molecule has 1 aromatic carbocycles. The first kappa shape index (κ1) is 12.8. The predicted octanol–water partition coefficient (Wildman–Crippen LogP) is 0.243. The number of hydrogen-bond donors (Lipinski definition) is 2. The summed E-state index contributed by atoms with van der Waals surface area (Å²) in [4.78, 5) is 10.5. The van der Waals surface area contributed by atoms with Crippen molar-refractivity contribution in [1.82, 2.24) is 5.32 Å². The molecule has 0 bridgehead atoms. The van der Waals surface area contributed by atoms with Gasteiger partial charge in [0, 0.05) is 6.54 Å². The van der Waals surface area contributed by atoms with Crippen LogP contribution in [0.4, 0.5) is 0 Å². The molecule has 0 aliphatic rings. The molecule has 1 aromatic rings. The maximum atomic E-state index is 10.5. The zero-order valence-corrected chi connectivity index (χ0v) is 9.03. The number of carboxylic acids is 1. The smallest absolute Gasteiger partial charge is 0.335 e. The van der Waals surface area contributed by atoms with Gasteiger partial charge in [0.1, 0.15) is 6.73 Å². The zero-order valence-electron chi connectivity index (χ0n) is 8.21. The molecule has 1 unspecified atom stereocenters. The molecular formula is C9H10NO5S-. The van der Waals surface area contributed by atoms with E-state index >= 15 is 0 Å². The van der Waals surface area contributed by atoms with Crippen LogP contribution in [0.25, 0.3) is 0 Å². The van der Waals surface area contributed by atoms with Crippen molar-refractivity contribution in [3.05, 3.63) is 35.4 Å². The number of nitrogens with one attached hydrogen (secondary N) is 1. The Bertz CT molecular complexity index is 378. The third-order valence-corrected chi connectivity index (χ3v) is 2.10. The molecule has 0 aliphatic carbocycles. The Morgan fingerprint density at radius 2 is 2.06 bits per heavy atom. The van der Waals surface area contributed by atoms with Crippen molar-refractivity contribution >= 4 is 17.3 Å². The van der Waals surface area contributed by atoms with Gasteiger partial charge in [0.05, 0.1) is 16.9 Å². The molecule has 0 heterocycles. The molecule has 0 spiro atoms. The zero-order chi connectivity index (χ0) is 12.0. The Morgan fingerprint density at radius 3 is 2.56 bits per heavy atom. The van der Waals surface area contributed by atoms with Crippen LogP contribution in [0.2, 0.25) is 0 Å². The fraction of sp³-hybridized carbons (Fsp3) is 0.222. The topological polar surface area (TPSA) is 98.7 Å². The van der Waals surface area contributed by atoms with Crippen LogP contribution in [-0.2, 0) is 22.1 Å². The minimum atomic E-state index is -2.52. The average Bonchev–Trinajstić information content (AvgIpc) is 2.25. The van der Waals surface area contributed by atoms with E-state index in [2.05, 4.69) is 9.50 Å². The molecular weight excluding hydrogens is 234 g/mol. The van der Waals surface area contributed by atoms with Gasteiger partial charge in [0.25, 0.3) is 0 Å². The molecule has 0 saturated heterocycles. The van der Waals surface area contributed by atoms with E-state index in [9.17, 15) is 13.6 Å². The van der Waals surface area contributed by atoms with Crippen molar-refractivity contribution in [3.8, 4) is 0 Å². The second-order valence-electron chi connectivity index (χ2n) is 2.90. The van der Waals surface area contributed by atoms with Gasteiger partial charge >= 0.3 is 5.97 Å². The van der Waals surface area contributed by atoms with Crippen molar-refractivity contribution in [1.29, 1.82) is 0 Å². The number of aromatic carboxylic acids is 1. The Balaban J connectivity index is 2.38. The Kier molecular flexibility index (Phi) is 5.06. The highest BCUT2D eigenvalue weighted by Gasteiger charge is 2.01. The summed E-state index contributed by atoms with van der Waals surface area (Å²) >= 11 is -2.52. The summed E-state index contributed by atoms with van der Waals surface area (Å²) < 4.78 is 24.2. The van der Waals surface area contributed by atoms with E-state index in [1.165, 1.54) is 12.1 Å². The van der Waals surface area contributed by atoms with Gasteiger partial charge < -0.3 is 9.66 Å². The number of carboxylic acid groups (broad SMARTS) is 1. The maximum Gasteiger partial charge on any atom is 0.335 e. The van der Waals surface area contributed by atoms with Gasteiger partial charge in [-0.2, -0.15) is 0 Å². The second kappa shape index (κ2) is 6.33. The first-order valence-electron chi connectivity index (χ1n) is 4.35. The summed E-state index contributed by atoms with van der Waals surface area (Å²) in [6.07, 6.45) is 0.